The molecule has 3 aromatic carbocycles. The number of hydrogen-bond acceptors (Lipinski definition) is 5. The number of anilines is 1. The molecule has 4 aromatic rings. The first-order valence-corrected chi connectivity index (χ1v) is 9.16. The van der Waals surface area contributed by atoms with E-state index in [-0.39, 0.29) is 0 Å². The second-order valence-electron chi connectivity index (χ2n) is 6.29. The summed E-state index contributed by atoms with van der Waals surface area (Å²) in [5.41, 5.74) is 12.6. The topological polar surface area (TPSA) is 63.6 Å². The molecule has 0 aliphatic carbocycles. The van der Waals surface area contributed by atoms with Crippen LogP contribution in [0.1, 0.15) is 11.1 Å². The Bertz CT molecular complexity index is 1090. The molecule has 0 fully saturated rings. The molecular weight excluding hydrogens is 340 g/mol. The van der Waals surface area contributed by atoms with Gasteiger partial charge in [0.2, 0.25) is 0 Å². The van der Waals surface area contributed by atoms with Crippen molar-refractivity contribution in [2.75, 3.05) is 5.73 Å². The van der Waals surface area contributed by atoms with Gasteiger partial charge in [-0.25, -0.2) is 4.98 Å². The number of benzene rings is 3. The molecule has 0 amide bonds. The number of nitrogens with zero attached hydrogens (tertiary/aromatic N) is 3. The van der Waals surface area contributed by atoms with Crippen LogP contribution in [-0.4, -0.2) is 4.98 Å². The molecule has 1 heterocycles. The largest absolute Gasteiger partial charge is 0.399 e. The quantitative estimate of drug-likeness (QED) is 0.332. The van der Waals surface area contributed by atoms with Crippen LogP contribution in [0.5, 0.6) is 0 Å². The van der Waals surface area contributed by atoms with Crippen molar-refractivity contribution in [2.24, 2.45) is 10.2 Å². The number of hydrogen-bond donors (Lipinski definition) is 1. The summed E-state index contributed by atoms with van der Waals surface area (Å²) >= 11 is 1.72. The predicted molar refractivity (Wildman–Crippen MR) is 110 cm³/mol. The van der Waals surface area contributed by atoms with Crippen LogP contribution in [-0.2, 0) is 0 Å². The zero-order chi connectivity index (χ0) is 18.1. The van der Waals surface area contributed by atoms with E-state index >= 15 is 0 Å². The van der Waals surface area contributed by atoms with Crippen molar-refractivity contribution < 1.29 is 0 Å². The molecule has 0 atom stereocenters. The number of rotatable bonds is 3. The summed E-state index contributed by atoms with van der Waals surface area (Å²) in [6.07, 6.45) is 0. The highest BCUT2D eigenvalue weighted by molar-refractivity contribution is 7.21. The molecule has 0 saturated heterocycles. The SMILES string of the molecule is Cc1cc(C)c2nc(-c3ccc(N=Nc4ccc(N)cc4)cc3)sc2c1. The number of fused-ring (bicyclic) bond motifs is 1. The maximum atomic E-state index is 5.67. The van der Waals surface area contributed by atoms with Gasteiger partial charge in [-0.05, 0) is 79.6 Å². The van der Waals surface area contributed by atoms with Gasteiger partial charge in [0.05, 0.1) is 21.6 Å². The number of azo groups is 1. The summed E-state index contributed by atoms with van der Waals surface area (Å²) in [5, 5.41) is 9.53. The highest BCUT2D eigenvalue weighted by Crippen LogP contribution is 2.33. The van der Waals surface area contributed by atoms with Crippen LogP contribution in [0.25, 0.3) is 20.8 Å². The van der Waals surface area contributed by atoms with E-state index in [1.165, 1.54) is 15.8 Å². The smallest absolute Gasteiger partial charge is 0.124 e. The van der Waals surface area contributed by atoms with E-state index in [4.69, 9.17) is 10.7 Å². The fourth-order valence-corrected chi connectivity index (χ4v) is 3.97. The van der Waals surface area contributed by atoms with E-state index < -0.39 is 0 Å². The number of thiazole rings is 1. The minimum Gasteiger partial charge on any atom is -0.399 e. The molecular formula is C21H18N4S. The molecule has 26 heavy (non-hydrogen) atoms. The molecule has 0 aliphatic rings. The zero-order valence-electron chi connectivity index (χ0n) is 14.6. The summed E-state index contributed by atoms with van der Waals surface area (Å²) in [6.45, 7) is 4.23. The Balaban J connectivity index is 1.59. The van der Waals surface area contributed by atoms with Crippen LogP contribution in [0.2, 0.25) is 0 Å². The van der Waals surface area contributed by atoms with Gasteiger partial charge in [0.25, 0.3) is 0 Å². The van der Waals surface area contributed by atoms with Crippen molar-refractivity contribution in [3.05, 3.63) is 71.8 Å². The average Bonchev–Trinajstić information content (AvgIpc) is 3.06. The first-order chi connectivity index (χ1) is 12.6. The predicted octanol–water partition coefficient (Wildman–Crippen LogP) is 6.58. The van der Waals surface area contributed by atoms with Gasteiger partial charge in [0.1, 0.15) is 5.01 Å². The molecule has 0 saturated carbocycles. The van der Waals surface area contributed by atoms with Crippen LogP contribution in [0.4, 0.5) is 17.1 Å². The molecule has 0 spiro atoms. The molecule has 5 heteroatoms. The molecule has 0 bridgehead atoms. The van der Waals surface area contributed by atoms with Crippen LogP contribution >= 0.6 is 11.3 Å². The third-order valence-electron chi connectivity index (χ3n) is 4.12. The molecule has 0 aliphatic heterocycles. The molecule has 2 N–H and O–H groups in total. The summed E-state index contributed by atoms with van der Waals surface area (Å²) in [6, 6.07) is 19.7. The lowest BCUT2D eigenvalue weighted by molar-refractivity contribution is 1.23. The van der Waals surface area contributed by atoms with Crippen LogP contribution < -0.4 is 5.73 Å². The Morgan fingerprint density at radius 1 is 0.846 bits per heavy atom. The number of aromatic nitrogens is 1. The third-order valence-corrected chi connectivity index (χ3v) is 5.17. The summed E-state index contributed by atoms with van der Waals surface area (Å²) in [4.78, 5) is 4.81. The first kappa shape index (κ1) is 16.4. The second kappa shape index (κ2) is 6.69. The van der Waals surface area contributed by atoms with E-state index in [9.17, 15) is 0 Å². The van der Waals surface area contributed by atoms with Gasteiger partial charge in [-0.2, -0.15) is 10.2 Å². The molecule has 1 aromatic heterocycles. The fourth-order valence-electron chi connectivity index (χ4n) is 2.82. The monoisotopic (exact) mass is 358 g/mol. The maximum Gasteiger partial charge on any atom is 0.124 e. The minimum atomic E-state index is 0.717. The summed E-state index contributed by atoms with van der Waals surface area (Å²) in [5.74, 6) is 0. The van der Waals surface area contributed by atoms with E-state index in [2.05, 4.69) is 36.2 Å². The molecule has 128 valence electrons. The second-order valence-corrected chi connectivity index (χ2v) is 7.32. The highest BCUT2D eigenvalue weighted by atomic mass is 32.1. The van der Waals surface area contributed by atoms with Crippen molar-refractivity contribution in [1.29, 1.82) is 0 Å². The number of nitrogen functional groups attached to an aromatic ring is 1. The van der Waals surface area contributed by atoms with Crippen molar-refractivity contribution >= 4 is 38.6 Å². The maximum absolute atomic E-state index is 5.67. The Hall–Kier alpha value is -3.05. The molecule has 4 nitrogen and oxygen atoms in total. The summed E-state index contributed by atoms with van der Waals surface area (Å²) < 4.78 is 1.23. The van der Waals surface area contributed by atoms with Gasteiger partial charge < -0.3 is 5.73 Å². The van der Waals surface area contributed by atoms with E-state index in [1.807, 2.05) is 48.5 Å². The van der Waals surface area contributed by atoms with Gasteiger partial charge in [0, 0.05) is 11.3 Å². The van der Waals surface area contributed by atoms with Crippen LogP contribution in [0, 0.1) is 13.8 Å². The Morgan fingerprint density at radius 2 is 1.46 bits per heavy atom. The van der Waals surface area contributed by atoms with E-state index in [0.29, 0.717) is 0 Å². The lowest BCUT2D eigenvalue weighted by Crippen LogP contribution is -1.80. The van der Waals surface area contributed by atoms with E-state index in [0.717, 1.165) is 33.1 Å². The highest BCUT2D eigenvalue weighted by Gasteiger charge is 2.09. The van der Waals surface area contributed by atoms with Crippen molar-refractivity contribution in [3.8, 4) is 10.6 Å². The van der Waals surface area contributed by atoms with Crippen molar-refractivity contribution in [2.45, 2.75) is 13.8 Å². The van der Waals surface area contributed by atoms with Gasteiger partial charge in [-0.15, -0.1) is 11.3 Å². The van der Waals surface area contributed by atoms with Gasteiger partial charge >= 0.3 is 0 Å². The zero-order valence-corrected chi connectivity index (χ0v) is 15.4. The molecule has 4 rings (SSSR count). The first-order valence-electron chi connectivity index (χ1n) is 8.34. The Kier molecular flexibility index (Phi) is 4.22. The van der Waals surface area contributed by atoms with Crippen LogP contribution in [0.3, 0.4) is 0 Å². The van der Waals surface area contributed by atoms with Gasteiger partial charge in [0.15, 0.2) is 0 Å². The lowest BCUT2D eigenvalue weighted by atomic mass is 10.1. The summed E-state index contributed by atoms with van der Waals surface area (Å²) in [7, 11) is 0. The molecule has 0 unspecified atom stereocenters. The van der Waals surface area contributed by atoms with Crippen LogP contribution in [0.15, 0.2) is 70.9 Å². The van der Waals surface area contributed by atoms with E-state index in [1.54, 1.807) is 11.3 Å². The number of aryl methyl sites for hydroxylation is 2. The fraction of sp³-hybridized carbons (Fsp3) is 0.0952. The molecule has 0 radical (unpaired) electrons. The third kappa shape index (κ3) is 3.34. The number of nitrogens with two attached hydrogens (primary N) is 1. The average molecular weight is 358 g/mol. The van der Waals surface area contributed by atoms with Gasteiger partial charge in [-0.3, -0.25) is 0 Å². The normalized spacial score (nSPS) is 11.5. The Morgan fingerprint density at radius 3 is 2.12 bits per heavy atom. The van der Waals surface area contributed by atoms with Crippen molar-refractivity contribution in [1.82, 2.24) is 4.98 Å². The standard InChI is InChI=1S/C21H18N4S/c1-13-11-14(2)20-19(12-13)26-21(23-20)15-3-7-17(8-4-15)24-25-18-9-5-16(22)6-10-18/h3-12H,22H2,1-2H3. The van der Waals surface area contributed by atoms with Crippen molar-refractivity contribution in [3.63, 3.8) is 0 Å². The Labute approximate surface area is 156 Å². The lowest BCUT2D eigenvalue weighted by Gasteiger charge is -1.97. The van der Waals surface area contributed by atoms with Gasteiger partial charge in [-0.1, -0.05) is 6.07 Å². The minimum absolute atomic E-state index is 0.717.